The van der Waals surface area contributed by atoms with Gasteiger partial charge in [0.25, 0.3) is 0 Å². The number of nitrogens with one attached hydrogen (secondary N) is 2. The molecule has 2 N–H and O–H groups in total. The van der Waals surface area contributed by atoms with Gasteiger partial charge in [0.05, 0.1) is 39.5 Å². The number of amides is 1. The summed E-state index contributed by atoms with van der Waals surface area (Å²) in [5.74, 6) is 0.848. The van der Waals surface area contributed by atoms with E-state index >= 15 is 0 Å². The minimum Gasteiger partial charge on any atom is -0.379 e. The van der Waals surface area contributed by atoms with Crippen LogP contribution < -0.4 is 10.6 Å². The van der Waals surface area contributed by atoms with Crippen LogP contribution in [0.25, 0.3) is 11.1 Å². The Bertz CT molecular complexity index is 780. The number of nitrogens with zero attached hydrogens (tertiary/aromatic N) is 1. The predicted molar refractivity (Wildman–Crippen MR) is 113 cm³/mol. The minimum atomic E-state index is 0.0459. The number of benzene rings is 1. The van der Waals surface area contributed by atoms with Crippen molar-refractivity contribution in [3.05, 3.63) is 42.1 Å². The normalized spacial score (nSPS) is 12.7. The molecule has 1 amide bonds. The number of hydrogen-bond donors (Lipinski definition) is 2. The highest BCUT2D eigenvalue weighted by Crippen LogP contribution is 2.29. The molecule has 29 heavy (non-hydrogen) atoms. The molecule has 0 spiro atoms. The van der Waals surface area contributed by atoms with Crippen LogP contribution >= 0.6 is 0 Å². The van der Waals surface area contributed by atoms with Crippen LogP contribution in [0.1, 0.15) is 18.9 Å². The van der Waals surface area contributed by atoms with Gasteiger partial charge in [0, 0.05) is 30.6 Å². The van der Waals surface area contributed by atoms with Crippen LogP contribution in [-0.4, -0.2) is 57.1 Å². The van der Waals surface area contributed by atoms with Crippen LogP contribution in [0.5, 0.6) is 0 Å². The van der Waals surface area contributed by atoms with Crippen LogP contribution in [-0.2, 0) is 25.4 Å². The molecule has 1 aliphatic heterocycles. The van der Waals surface area contributed by atoms with E-state index in [9.17, 15) is 4.79 Å². The molecule has 0 radical (unpaired) electrons. The van der Waals surface area contributed by atoms with Crippen molar-refractivity contribution in [3.63, 3.8) is 0 Å². The summed E-state index contributed by atoms with van der Waals surface area (Å²) in [4.78, 5) is 15.9. The first-order valence-electron chi connectivity index (χ1n) is 10.1. The highest BCUT2D eigenvalue weighted by molar-refractivity contribution is 5.99. The van der Waals surface area contributed by atoms with E-state index in [-0.39, 0.29) is 5.91 Å². The molecule has 1 aliphatic rings. The Hall–Kier alpha value is -2.48. The zero-order chi connectivity index (χ0) is 20.3. The zero-order valence-electron chi connectivity index (χ0n) is 16.9. The fourth-order valence-electron chi connectivity index (χ4n) is 3.00. The lowest BCUT2D eigenvalue weighted by Gasteiger charge is -2.09. The van der Waals surface area contributed by atoms with Crippen LogP contribution in [0.2, 0.25) is 0 Å². The first kappa shape index (κ1) is 21.2. The van der Waals surface area contributed by atoms with Gasteiger partial charge in [-0.2, -0.15) is 0 Å². The lowest BCUT2D eigenvalue weighted by atomic mass is 10.0. The summed E-state index contributed by atoms with van der Waals surface area (Å²) in [6.45, 7) is 6.51. The Balaban J connectivity index is 1.31. The Labute approximate surface area is 171 Å². The van der Waals surface area contributed by atoms with E-state index in [1.165, 1.54) is 0 Å². The van der Waals surface area contributed by atoms with Gasteiger partial charge in [-0.3, -0.25) is 4.79 Å². The topological polar surface area (TPSA) is 81.7 Å². The lowest BCUT2D eigenvalue weighted by molar-refractivity contribution is -0.115. The fraction of sp³-hybridized carbons (Fsp3) is 0.455. The van der Waals surface area contributed by atoms with Gasteiger partial charge in [0.15, 0.2) is 0 Å². The molecule has 0 unspecified atom stereocenters. The number of hydrogen-bond acceptors (Lipinski definition) is 6. The van der Waals surface area contributed by atoms with Gasteiger partial charge < -0.3 is 24.8 Å². The second-order valence-electron chi connectivity index (χ2n) is 6.79. The van der Waals surface area contributed by atoms with E-state index < -0.39 is 0 Å². The summed E-state index contributed by atoms with van der Waals surface area (Å²) in [7, 11) is 0. The van der Waals surface area contributed by atoms with Crippen molar-refractivity contribution in [2.75, 3.05) is 56.8 Å². The number of carbonyl (C=O) groups is 1. The average molecular weight is 399 g/mol. The van der Waals surface area contributed by atoms with E-state index in [4.69, 9.17) is 14.2 Å². The number of pyridine rings is 1. The van der Waals surface area contributed by atoms with E-state index in [1.54, 1.807) is 0 Å². The van der Waals surface area contributed by atoms with E-state index in [0.29, 0.717) is 46.0 Å². The molecule has 1 aromatic carbocycles. The summed E-state index contributed by atoms with van der Waals surface area (Å²) in [5.41, 5.74) is 3.98. The molecular weight excluding hydrogens is 370 g/mol. The molecule has 0 bridgehead atoms. The quantitative estimate of drug-likeness (QED) is 0.504. The maximum Gasteiger partial charge on any atom is 0.228 e. The summed E-state index contributed by atoms with van der Waals surface area (Å²) < 4.78 is 16.3. The molecule has 7 heteroatoms. The predicted octanol–water partition coefficient (Wildman–Crippen LogP) is 3.11. The first-order chi connectivity index (χ1) is 14.3. The van der Waals surface area contributed by atoms with Crippen molar-refractivity contribution in [2.45, 2.75) is 19.8 Å². The molecule has 0 saturated carbocycles. The van der Waals surface area contributed by atoms with E-state index in [1.807, 2.05) is 36.5 Å². The number of rotatable bonds is 13. The van der Waals surface area contributed by atoms with Crippen LogP contribution in [0, 0.1) is 0 Å². The number of anilines is 2. The van der Waals surface area contributed by atoms with Crippen molar-refractivity contribution in [3.8, 4) is 11.1 Å². The summed E-state index contributed by atoms with van der Waals surface area (Å²) in [6.07, 6.45) is 3.32. The van der Waals surface area contributed by atoms with Crippen molar-refractivity contribution in [1.82, 2.24) is 4.98 Å². The second kappa shape index (κ2) is 11.5. The molecule has 0 atom stereocenters. The van der Waals surface area contributed by atoms with Gasteiger partial charge in [-0.25, -0.2) is 4.98 Å². The average Bonchev–Trinajstić information content (AvgIpc) is 3.11. The van der Waals surface area contributed by atoms with Crippen molar-refractivity contribution >= 4 is 17.4 Å². The Morgan fingerprint density at radius 1 is 0.966 bits per heavy atom. The zero-order valence-corrected chi connectivity index (χ0v) is 16.9. The van der Waals surface area contributed by atoms with Crippen molar-refractivity contribution in [2.24, 2.45) is 0 Å². The second-order valence-corrected chi connectivity index (χ2v) is 6.79. The van der Waals surface area contributed by atoms with Crippen LogP contribution in [0.15, 0.2) is 36.5 Å². The van der Waals surface area contributed by atoms with Gasteiger partial charge in [0.2, 0.25) is 5.91 Å². The Morgan fingerprint density at radius 2 is 1.69 bits per heavy atom. The number of aromatic nitrogens is 1. The summed E-state index contributed by atoms with van der Waals surface area (Å²) in [5, 5.41) is 6.12. The molecule has 3 rings (SSSR count). The fourth-order valence-corrected chi connectivity index (χ4v) is 3.00. The highest BCUT2D eigenvalue weighted by Gasteiger charge is 2.17. The molecule has 0 saturated heterocycles. The van der Waals surface area contributed by atoms with Crippen molar-refractivity contribution in [1.29, 1.82) is 0 Å². The third-order valence-corrected chi connectivity index (χ3v) is 4.48. The highest BCUT2D eigenvalue weighted by atomic mass is 16.5. The number of carbonyl (C=O) groups excluding carboxylic acids is 1. The van der Waals surface area contributed by atoms with E-state index in [0.717, 1.165) is 41.2 Å². The molecule has 7 nitrogen and oxygen atoms in total. The van der Waals surface area contributed by atoms with Crippen LogP contribution in [0.4, 0.5) is 11.5 Å². The van der Waals surface area contributed by atoms with Crippen molar-refractivity contribution < 1.29 is 19.0 Å². The van der Waals surface area contributed by atoms with Gasteiger partial charge in [-0.15, -0.1) is 0 Å². The standard InChI is InChI=1S/C22H29N3O4/c1-2-8-27-10-12-29-13-11-28-9-7-23-21-6-5-19(16-24-21)17-3-4-18-15-22(26)25-20(18)14-17/h3-6,14,16H,2,7-13,15H2,1H3,(H,23,24)(H,25,26). The van der Waals surface area contributed by atoms with E-state index in [2.05, 4.69) is 22.5 Å². The smallest absolute Gasteiger partial charge is 0.228 e. The molecule has 0 aliphatic carbocycles. The molecule has 0 fully saturated rings. The third kappa shape index (κ3) is 6.81. The molecule has 2 heterocycles. The molecule has 156 valence electrons. The number of fused-ring (bicyclic) bond motifs is 1. The maximum atomic E-state index is 11.5. The van der Waals surface area contributed by atoms with Gasteiger partial charge >= 0.3 is 0 Å². The number of ether oxygens (including phenoxy) is 3. The Morgan fingerprint density at radius 3 is 2.41 bits per heavy atom. The minimum absolute atomic E-state index is 0.0459. The first-order valence-corrected chi connectivity index (χ1v) is 10.1. The SMILES string of the molecule is CCCOCCOCCOCCNc1ccc(-c2ccc3c(c2)NC(=O)C3)cn1. The molecule has 2 aromatic rings. The Kier molecular flexibility index (Phi) is 8.42. The largest absolute Gasteiger partial charge is 0.379 e. The summed E-state index contributed by atoms with van der Waals surface area (Å²) >= 11 is 0. The lowest BCUT2D eigenvalue weighted by Crippen LogP contribution is -2.14. The summed E-state index contributed by atoms with van der Waals surface area (Å²) in [6, 6.07) is 9.98. The molecule has 1 aromatic heterocycles. The van der Waals surface area contributed by atoms with Gasteiger partial charge in [0.1, 0.15) is 5.82 Å². The van der Waals surface area contributed by atoms with Gasteiger partial charge in [-0.05, 0) is 35.7 Å². The van der Waals surface area contributed by atoms with Crippen LogP contribution in [0.3, 0.4) is 0 Å². The third-order valence-electron chi connectivity index (χ3n) is 4.48. The maximum absolute atomic E-state index is 11.5. The van der Waals surface area contributed by atoms with Gasteiger partial charge in [-0.1, -0.05) is 19.1 Å². The monoisotopic (exact) mass is 399 g/mol. The molecular formula is C22H29N3O4.